The Hall–Kier alpha value is -3.09. The van der Waals surface area contributed by atoms with Crippen molar-refractivity contribution in [1.82, 2.24) is 14.9 Å². The van der Waals surface area contributed by atoms with E-state index in [1.54, 1.807) is 28.0 Å². The van der Waals surface area contributed by atoms with Crippen LogP contribution < -0.4 is 10.2 Å². The van der Waals surface area contributed by atoms with E-state index in [0.29, 0.717) is 18.1 Å². The highest BCUT2D eigenvalue weighted by Gasteiger charge is 2.14. The van der Waals surface area contributed by atoms with Crippen molar-refractivity contribution in [1.29, 1.82) is 0 Å². The number of carbonyl (C=O) groups is 1. The van der Waals surface area contributed by atoms with Crippen LogP contribution in [0.3, 0.4) is 0 Å². The molecule has 1 aromatic carbocycles. The Morgan fingerprint density at radius 1 is 1.30 bits per heavy atom. The summed E-state index contributed by atoms with van der Waals surface area (Å²) in [5.74, 6) is 0.191. The van der Waals surface area contributed by atoms with E-state index in [1.807, 2.05) is 44.4 Å². The molecule has 1 N–H and O–H groups in total. The zero-order valence-electron chi connectivity index (χ0n) is 12.9. The van der Waals surface area contributed by atoms with Gasteiger partial charge in [-0.15, -0.1) is 0 Å². The molecule has 0 fully saturated rings. The second-order valence-electron chi connectivity index (χ2n) is 5.31. The first kappa shape index (κ1) is 14.8. The van der Waals surface area contributed by atoms with Gasteiger partial charge in [-0.3, -0.25) is 9.48 Å². The largest absolute Gasteiger partial charge is 0.347 e. The van der Waals surface area contributed by atoms with Gasteiger partial charge in [-0.2, -0.15) is 5.10 Å². The number of hydrogen-bond donors (Lipinski definition) is 1. The van der Waals surface area contributed by atoms with Gasteiger partial charge < -0.3 is 14.7 Å². The lowest BCUT2D eigenvalue weighted by Gasteiger charge is -2.03. The first-order valence-corrected chi connectivity index (χ1v) is 7.13. The van der Waals surface area contributed by atoms with Crippen molar-refractivity contribution in [2.75, 3.05) is 24.3 Å². The lowest BCUT2D eigenvalue weighted by atomic mass is 10.2. The average Bonchev–Trinajstić information content (AvgIpc) is 3.18. The minimum atomic E-state index is -0.332. The summed E-state index contributed by atoms with van der Waals surface area (Å²) < 4.78 is 6.83. The Morgan fingerprint density at radius 2 is 2.09 bits per heavy atom. The van der Waals surface area contributed by atoms with Crippen LogP contribution in [0.25, 0.3) is 0 Å². The summed E-state index contributed by atoms with van der Waals surface area (Å²) in [5.41, 5.74) is 1.98. The minimum absolute atomic E-state index is 0.226. The molecule has 0 saturated carbocycles. The number of nitrogens with zero attached hydrogens (tertiary/aromatic N) is 4. The molecule has 0 saturated heterocycles. The van der Waals surface area contributed by atoms with Gasteiger partial charge in [0.25, 0.3) is 5.91 Å². The molecule has 118 valence electrons. The third-order valence-corrected chi connectivity index (χ3v) is 3.25. The summed E-state index contributed by atoms with van der Waals surface area (Å²) in [7, 11) is 3.63. The van der Waals surface area contributed by atoms with Crippen LogP contribution in [0, 0.1) is 0 Å². The summed E-state index contributed by atoms with van der Waals surface area (Å²) in [6.07, 6.45) is 3.38. The fourth-order valence-corrected chi connectivity index (χ4v) is 2.06. The van der Waals surface area contributed by atoms with Gasteiger partial charge in [0.05, 0.1) is 18.4 Å². The maximum Gasteiger partial charge on any atom is 0.278 e. The average molecular weight is 311 g/mol. The molecule has 7 nitrogen and oxygen atoms in total. The molecule has 3 aromatic rings. The number of hydrogen-bond acceptors (Lipinski definition) is 5. The van der Waals surface area contributed by atoms with E-state index in [2.05, 4.69) is 15.6 Å². The SMILES string of the molecule is CN(C)c1cc(C(=O)Nc2cnn(Cc3ccccc3)c2)no1. The van der Waals surface area contributed by atoms with Crippen LogP contribution in [0.15, 0.2) is 53.3 Å². The molecule has 1 amide bonds. The molecular formula is C16H17N5O2. The first-order chi connectivity index (χ1) is 11.1. The topological polar surface area (TPSA) is 76.2 Å². The van der Waals surface area contributed by atoms with Crippen LogP contribution in [0.5, 0.6) is 0 Å². The monoisotopic (exact) mass is 311 g/mol. The number of anilines is 2. The molecule has 0 spiro atoms. The van der Waals surface area contributed by atoms with E-state index >= 15 is 0 Å². The smallest absolute Gasteiger partial charge is 0.278 e. The summed E-state index contributed by atoms with van der Waals surface area (Å²) in [6.45, 7) is 0.644. The van der Waals surface area contributed by atoms with Gasteiger partial charge in [0.2, 0.25) is 5.88 Å². The summed E-state index contributed by atoms with van der Waals surface area (Å²) >= 11 is 0. The van der Waals surface area contributed by atoms with Gasteiger partial charge in [-0.1, -0.05) is 35.5 Å². The normalized spacial score (nSPS) is 10.5. The number of benzene rings is 1. The number of aromatic nitrogens is 3. The van der Waals surface area contributed by atoms with Crippen molar-refractivity contribution >= 4 is 17.5 Å². The Balaban J connectivity index is 1.65. The van der Waals surface area contributed by atoms with Gasteiger partial charge in [-0.05, 0) is 5.56 Å². The van der Waals surface area contributed by atoms with Crippen LogP contribution >= 0.6 is 0 Å². The Morgan fingerprint density at radius 3 is 2.78 bits per heavy atom. The zero-order chi connectivity index (χ0) is 16.2. The molecule has 0 atom stereocenters. The van der Waals surface area contributed by atoms with Crippen molar-refractivity contribution in [2.24, 2.45) is 0 Å². The molecule has 23 heavy (non-hydrogen) atoms. The van der Waals surface area contributed by atoms with Gasteiger partial charge in [0.15, 0.2) is 5.69 Å². The molecule has 0 aliphatic carbocycles. The quantitative estimate of drug-likeness (QED) is 0.782. The fraction of sp³-hybridized carbons (Fsp3) is 0.188. The highest BCUT2D eigenvalue weighted by atomic mass is 16.5. The van der Waals surface area contributed by atoms with Crippen LogP contribution in [0.4, 0.5) is 11.6 Å². The van der Waals surface area contributed by atoms with Gasteiger partial charge in [0, 0.05) is 26.4 Å². The standard InChI is InChI=1S/C16H17N5O2/c1-20(2)15-8-14(19-23-15)16(22)18-13-9-17-21(11-13)10-12-6-4-3-5-7-12/h3-9,11H,10H2,1-2H3,(H,18,22). The van der Waals surface area contributed by atoms with E-state index in [-0.39, 0.29) is 11.6 Å². The molecule has 2 aromatic heterocycles. The summed E-state index contributed by atoms with van der Waals surface area (Å²) in [4.78, 5) is 13.9. The van der Waals surface area contributed by atoms with Crippen molar-refractivity contribution in [3.8, 4) is 0 Å². The van der Waals surface area contributed by atoms with Crippen LogP contribution in [0.1, 0.15) is 16.1 Å². The number of nitrogens with one attached hydrogen (secondary N) is 1. The Kier molecular flexibility index (Phi) is 4.09. The minimum Gasteiger partial charge on any atom is -0.347 e. The molecule has 0 aliphatic rings. The van der Waals surface area contributed by atoms with Crippen molar-refractivity contribution < 1.29 is 9.32 Å². The molecule has 0 bridgehead atoms. The molecule has 0 radical (unpaired) electrons. The predicted octanol–water partition coefficient (Wildman–Crippen LogP) is 2.24. The number of carbonyl (C=O) groups excluding carboxylic acids is 1. The molecule has 2 heterocycles. The van der Waals surface area contributed by atoms with Crippen LogP contribution in [0.2, 0.25) is 0 Å². The first-order valence-electron chi connectivity index (χ1n) is 7.13. The summed E-state index contributed by atoms with van der Waals surface area (Å²) in [5, 5.41) is 10.7. The molecule has 3 rings (SSSR count). The van der Waals surface area contributed by atoms with Gasteiger partial charge >= 0.3 is 0 Å². The predicted molar refractivity (Wildman–Crippen MR) is 86.6 cm³/mol. The Bertz CT molecular complexity index is 792. The maximum absolute atomic E-state index is 12.1. The summed E-state index contributed by atoms with van der Waals surface area (Å²) in [6, 6.07) is 11.6. The lowest BCUT2D eigenvalue weighted by Crippen LogP contribution is -2.12. The van der Waals surface area contributed by atoms with Crippen LogP contribution in [-0.4, -0.2) is 34.9 Å². The third-order valence-electron chi connectivity index (χ3n) is 3.25. The molecule has 0 aliphatic heterocycles. The van der Waals surface area contributed by atoms with Gasteiger partial charge in [0.1, 0.15) is 0 Å². The number of amides is 1. The van der Waals surface area contributed by atoms with E-state index in [4.69, 9.17) is 4.52 Å². The molecule has 0 unspecified atom stereocenters. The maximum atomic E-state index is 12.1. The zero-order valence-corrected chi connectivity index (χ0v) is 12.9. The fourth-order valence-electron chi connectivity index (χ4n) is 2.06. The van der Waals surface area contributed by atoms with Crippen molar-refractivity contribution in [3.05, 3.63) is 60.0 Å². The van der Waals surface area contributed by atoms with Crippen molar-refractivity contribution in [2.45, 2.75) is 6.54 Å². The van der Waals surface area contributed by atoms with Crippen molar-refractivity contribution in [3.63, 3.8) is 0 Å². The van der Waals surface area contributed by atoms with Gasteiger partial charge in [-0.25, -0.2) is 0 Å². The third kappa shape index (κ3) is 3.57. The van der Waals surface area contributed by atoms with Crippen LogP contribution in [-0.2, 0) is 6.54 Å². The lowest BCUT2D eigenvalue weighted by molar-refractivity contribution is 0.101. The molecule has 7 heteroatoms. The second kappa shape index (κ2) is 6.35. The highest BCUT2D eigenvalue weighted by Crippen LogP contribution is 2.14. The van der Waals surface area contributed by atoms with E-state index in [0.717, 1.165) is 5.56 Å². The Labute approximate surface area is 133 Å². The second-order valence-corrected chi connectivity index (χ2v) is 5.31. The van der Waals surface area contributed by atoms with E-state index < -0.39 is 0 Å². The number of rotatable bonds is 5. The molecular weight excluding hydrogens is 294 g/mol. The van der Waals surface area contributed by atoms with E-state index in [9.17, 15) is 4.79 Å². The van der Waals surface area contributed by atoms with E-state index in [1.165, 1.54) is 0 Å². The highest BCUT2D eigenvalue weighted by molar-refractivity contribution is 6.03.